The zero-order valence-corrected chi connectivity index (χ0v) is 16.2. The maximum absolute atomic E-state index is 12.1. The average Bonchev–Trinajstić information content (AvgIpc) is 3.28. The largest absolute Gasteiger partial charge is 0.458 e. The number of carbonyl (C=O) groups is 2. The number of carbonyl (C=O) groups excluding carboxylic acids is 2. The molecule has 2 amide bonds. The van der Waals surface area contributed by atoms with Gasteiger partial charge in [0.05, 0.1) is 6.54 Å². The van der Waals surface area contributed by atoms with Gasteiger partial charge in [0.25, 0.3) is 0 Å². The van der Waals surface area contributed by atoms with Gasteiger partial charge in [-0.1, -0.05) is 29.8 Å². The van der Waals surface area contributed by atoms with Crippen LogP contribution in [0.2, 0.25) is 5.02 Å². The van der Waals surface area contributed by atoms with E-state index >= 15 is 0 Å². The van der Waals surface area contributed by atoms with E-state index in [-0.39, 0.29) is 11.8 Å². The fraction of sp³-hybridized carbons (Fsp3) is 0.211. The van der Waals surface area contributed by atoms with Crippen LogP contribution in [0.25, 0.3) is 11.5 Å². The van der Waals surface area contributed by atoms with Gasteiger partial charge < -0.3 is 15.1 Å². The summed E-state index contributed by atoms with van der Waals surface area (Å²) in [6.45, 7) is 1.77. The van der Waals surface area contributed by atoms with Gasteiger partial charge in [-0.05, 0) is 30.2 Å². The van der Waals surface area contributed by atoms with E-state index in [1.165, 1.54) is 18.3 Å². The van der Waals surface area contributed by atoms with Gasteiger partial charge in [0.2, 0.25) is 11.8 Å². The van der Waals surface area contributed by atoms with Crippen LogP contribution in [0.3, 0.4) is 0 Å². The Morgan fingerprint density at radius 1 is 1.22 bits per heavy atom. The van der Waals surface area contributed by atoms with Crippen molar-refractivity contribution in [2.45, 2.75) is 26.3 Å². The van der Waals surface area contributed by atoms with E-state index in [1.807, 2.05) is 29.6 Å². The second-order valence-electron chi connectivity index (χ2n) is 5.85. The highest BCUT2D eigenvalue weighted by Crippen LogP contribution is 2.27. The van der Waals surface area contributed by atoms with E-state index in [0.29, 0.717) is 46.8 Å². The molecular weight excluding hydrogens is 386 g/mol. The summed E-state index contributed by atoms with van der Waals surface area (Å²) in [6.07, 6.45) is 0.884. The van der Waals surface area contributed by atoms with Crippen molar-refractivity contribution in [3.05, 3.63) is 58.1 Å². The minimum atomic E-state index is -0.124. The molecule has 0 aliphatic carbocycles. The zero-order valence-electron chi connectivity index (χ0n) is 14.6. The third kappa shape index (κ3) is 5.42. The van der Waals surface area contributed by atoms with E-state index in [4.69, 9.17) is 16.0 Å². The van der Waals surface area contributed by atoms with Crippen molar-refractivity contribution in [3.8, 4) is 11.5 Å². The molecule has 1 aromatic carbocycles. The number of hydrogen-bond donors (Lipinski definition) is 2. The van der Waals surface area contributed by atoms with Crippen LogP contribution in [0, 0.1) is 0 Å². The summed E-state index contributed by atoms with van der Waals surface area (Å²) in [5.41, 5.74) is 1.58. The molecule has 0 unspecified atom stereocenters. The normalized spacial score (nSPS) is 10.6. The van der Waals surface area contributed by atoms with Crippen molar-refractivity contribution in [1.29, 1.82) is 0 Å². The number of nitrogens with one attached hydrogen (secondary N) is 2. The lowest BCUT2D eigenvalue weighted by molar-refractivity contribution is -0.119. The molecule has 0 saturated heterocycles. The Hall–Kier alpha value is -2.64. The van der Waals surface area contributed by atoms with Crippen LogP contribution in [0.5, 0.6) is 0 Å². The predicted octanol–water partition coefficient (Wildman–Crippen LogP) is 4.26. The molecule has 8 heteroatoms. The van der Waals surface area contributed by atoms with Gasteiger partial charge in [0.1, 0.15) is 11.5 Å². The standard InChI is InChI=1S/C19H18ClN3O3S/c1-12(24)21-10-14-7-8-17(26-14)16-11-27-19(22-16)23-18(25)9-6-13-4-2-3-5-15(13)20/h2-5,7-8,11H,6,9-10H2,1H3,(H,21,24)(H,22,23,25). The van der Waals surface area contributed by atoms with Gasteiger partial charge in [-0.2, -0.15) is 0 Å². The highest BCUT2D eigenvalue weighted by Gasteiger charge is 2.12. The molecule has 0 radical (unpaired) electrons. The molecular formula is C19H18ClN3O3S. The first-order valence-corrected chi connectivity index (χ1v) is 9.59. The molecule has 0 fully saturated rings. The Bertz CT molecular complexity index is 951. The lowest BCUT2D eigenvalue weighted by atomic mass is 10.1. The van der Waals surface area contributed by atoms with Crippen molar-refractivity contribution in [3.63, 3.8) is 0 Å². The summed E-state index contributed by atoms with van der Waals surface area (Å²) in [6, 6.07) is 11.1. The molecule has 0 aliphatic rings. The summed E-state index contributed by atoms with van der Waals surface area (Å²) in [5.74, 6) is 0.978. The third-order valence-corrected chi connectivity index (χ3v) is 4.88. The van der Waals surface area contributed by atoms with Crippen LogP contribution in [-0.4, -0.2) is 16.8 Å². The van der Waals surface area contributed by atoms with Crippen molar-refractivity contribution in [2.24, 2.45) is 0 Å². The number of halogens is 1. The molecule has 0 aliphatic heterocycles. The van der Waals surface area contributed by atoms with Crippen LogP contribution in [0.1, 0.15) is 24.7 Å². The lowest BCUT2D eigenvalue weighted by Crippen LogP contribution is -2.18. The summed E-state index contributed by atoms with van der Waals surface area (Å²) in [5, 5.41) is 8.45. The summed E-state index contributed by atoms with van der Waals surface area (Å²) in [7, 11) is 0. The maximum atomic E-state index is 12.1. The maximum Gasteiger partial charge on any atom is 0.226 e. The minimum Gasteiger partial charge on any atom is -0.458 e. The van der Waals surface area contributed by atoms with Crippen LogP contribution < -0.4 is 10.6 Å². The number of aryl methyl sites for hydroxylation is 1. The fourth-order valence-electron chi connectivity index (χ4n) is 2.40. The van der Waals surface area contributed by atoms with E-state index in [0.717, 1.165) is 5.56 Å². The second-order valence-corrected chi connectivity index (χ2v) is 7.12. The van der Waals surface area contributed by atoms with Gasteiger partial charge in [-0.25, -0.2) is 4.98 Å². The lowest BCUT2D eigenvalue weighted by Gasteiger charge is -2.04. The highest BCUT2D eigenvalue weighted by atomic mass is 35.5. The molecule has 27 heavy (non-hydrogen) atoms. The smallest absolute Gasteiger partial charge is 0.226 e. The molecule has 6 nitrogen and oxygen atoms in total. The van der Waals surface area contributed by atoms with E-state index in [2.05, 4.69) is 15.6 Å². The number of aromatic nitrogens is 1. The Balaban J connectivity index is 1.55. The van der Waals surface area contributed by atoms with Gasteiger partial charge in [0, 0.05) is 23.7 Å². The first-order valence-electron chi connectivity index (χ1n) is 8.33. The second kappa shape index (κ2) is 8.83. The highest BCUT2D eigenvalue weighted by molar-refractivity contribution is 7.14. The van der Waals surface area contributed by atoms with Crippen molar-refractivity contribution in [1.82, 2.24) is 10.3 Å². The first-order chi connectivity index (χ1) is 13.0. The molecule has 0 saturated carbocycles. The molecule has 2 N–H and O–H groups in total. The van der Waals surface area contributed by atoms with E-state index < -0.39 is 0 Å². The summed E-state index contributed by atoms with van der Waals surface area (Å²) in [4.78, 5) is 27.5. The van der Waals surface area contributed by atoms with Gasteiger partial charge in [-0.15, -0.1) is 11.3 Å². The fourth-order valence-corrected chi connectivity index (χ4v) is 3.34. The number of anilines is 1. The number of nitrogens with zero attached hydrogens (tertiary/aromatic N) is 1. The summed E-state index contributed by atoms with van der Waals surface area (Å²) >= 11 is 7.43. The molecule has 0 bridgehead atoms. The third-order valence-electron chi connectivity index (χ3n) is 3.76. The Morgan fingerprint density at radius 3 is 2.81 bits per heavy atom. The molecule has 0 spiro atoms. The van der Waals surface area contributed by atoms with E-state index in [9.17, 15) is 9.59 Å². The number of benzene rings is 1. The molecule has 0 atom stereocenters. The van der Waals surface area contributed by atoms with Crippen LogP contribution in [0.4, 0.5) is 5.13 Å². The van der Waals surface area contributed by atoms with Gasteiger partial charge >= 0.3 is 0 Å². The summed E-state index contributed by atoms with van der Waals surface area (Å²) < 4.78 is 5.66. The number of hydrogen-bond acceptors (Lipinski definition) is 5. The quantitative estimate of drug-likeness (QED) is 0.617. The van der Waals surface area contributed by atoms with Crippen molar-refractivity contribution >= 4 is 39.9 Å². The predicted molar refractivity (Wildman–Crippen MR) is 106 cm³/mol. The van der Waals surface area contributed by atoms with Crippen LogP contribution in [0.15, 0.2) is 46.2 Å². The SMILES string of the molecule is CC(=O)NCc1ccc(-c2csc(NC(=O)CCc3ccccc3Cl)n2)o1. The Morgan fingerprint density at radius 2 is 2.04 bits per heavy atom. The topological polar surface area (TPSA) is 84.2 Å². The minimum absolute atomic E-state index is 0.122. The molecule has 140 valence electrons. The van der Waals surface area contributed by atoms with Gasteiger partial charge in [0.15, 0.2) is 10.9 Å². The van der Waals surface area contributed by atoms with Crippen molar-refractivity contribution in [2.75, 3.05) is 5.32 Å². The average molecular weight is 404 g/mol. The molecule has 2 aromatic heterocycles. The molecule has 2 heterocycles. The number of rotatable bonds is 7. The number of thiazole rings is 1. The van der Waals surface area contributed by atoms with Crippen molar-refractivity contribution < 1.29 is 14.0 Å². The number of amides is 2. The van der Waals surface area contributed by atoms with Crippen LogP contribution >= 0.6 is 22.9 Å². The molecule has 3 rings (SSSR count). The van der Waals surface area contributed by atoms with E-state index in [1.54, 1.807) is 12.1 Å². The Kier molecular flexibility index (Phi) is 6.26. The first kappa shape index (κ1) is 19.1. The van der Waals surface area contributed by atoms with Crippen LogP contribution in [-0.2, 0) is 22.6 Å². The Labute approximate surface area is 165 Å². The number of furan rings is 1. The monoisotopic (exact) mass is 403 g/mol. The zero-order chi connectivity index (χ0) is 19.2. The molecule has 3 aromatic rings. The van der Waals surface area contributed by atoms with Gasteiger partial charge in [-0.3, -0.25) is 9.59 Å².